The minimum atomic E-state index is 1.17. The van der Waals surface area contributed by atoms with Gasteiger partial charge in [-0.3, -0.25) is 0 Å². The number of benzene rings is 2. The van der Waals surface area contributed by atoms with Gasteiger partial charge in [0.2, 0.25) is 0 Å². The van der Waals surface area contributed by atoms with Gasteiger partial charge in [-0.25, -0.2) is 0 Å². The highest BCUT2D eigenvalue weighted by Gasteiger charge is 1.97. The van der Waals surface area contributed by atoms with Crippen molar-refractivity contribution in [3.63, 3.8) is 0 Å². The summed E-state index contributed by atoms with van der Waals surface area (Å²) in [5.74, 6) is 0. The SMILES string of the molecule is CCCc1cccc(-c2ccccc2)c1. The van der Waals surface area contributed by atoms with Crippen LogP contribution in [0.1, 0.15) is 18.9 Å². The van der Waals surface area contributed by atoms with Crippen molar-refractivity contribution in [2.24, 2.45) is 0 Å². The second-order valence-electron chi connectivity index (χ2n) is 3.82. The molecule has 0 aliphatic carbocycles. The van der Waals surface area contributed by atoms with Crippen molar-refractivity contribution in [1.82, 2.24) is 0 Å². The molecule has 0 heterocycles. The lowest BCUT2D eigenvalue weighted by molar-refractivity contribution is 0.922. The van der Waals surface area contributed by atoms with E-state index < -0.39 is 0 Å². The van der Waals surface area contributed by atoms with Gasteiger partial charge in [0.1, 0.15) is 0 Å². The maximum atomic E-state index is 2.29. The lowest BCUT2D eigenvalue weighted by Gasteiger charge is -2.04. The van der Waals surface area contributed by atoms with Gasteiger partial charge in [-0.15, -0.1) is 0 Å². The number of rotatable bonds is 3. The molecule has 0 N–H and O–H groups in total. The highest BCUT2D eigenvalue weighted by Crippen LogP contribution is 2.20. The van der Waals surface area contributed by atoms with Crippen LogP contribution in [0, 0.1) is 0 Å². The van der Waals surface area contributed by atoms with Gasteiger partial charge >= 0.3 is 0 Å². The monoisotopic (exact) mass is 196 g/mol. The predicted molar refractivity (Wildman–Crippen MR) is 65.9 cm³/mol. The Morgan fingerprint density at radius 3 is 2.27 bits per heavy atom. The van der Waals surface area contributed by atoms with Crippen LogP contribution in [-0.2, 0) is 6.42 Å². The second-order valence-corrected chi connectivity index (χ2v) is 3.82. The lowest BCUT2D eigenvalue weighted by Crippen LogP contribution is -1.84. The van der Waals surface area contributed by atoms with E-state index in [4.69, 9.17) is 0 Å². The van der Waals surface area contributed by atoms with Crippen LogP contribution in [0.15, 0.2) is 54.6 Å². The van der Waals surface area contributed by atoms with E-state index in [9.17, 15) is 0 Å². The van der Waals surface area contributed by atoms with Gasteiger partial charge in [0, 0.05) is 0 Å². The van der Waals surface area contributed by atoms with E-state index >= 15 is 0 Å². The number of hydrogen-bond acceptors (Lipinski definition) is 0. The van der Waals surface area contributed by atoms with E-state index in [-0.39, 0.29) is 0 Å². The van der Waals surface area contributed by atoms with Crippen molar-refractivity contribution >= 4 is 0 Å². The first-order valence-corrected chi connectivity index (χ1v) is 5.54. The maximum absolute atomic E-state index is 2.29. The molecular weight excluding hydrogens is 180 g/mol. The molecule has 2 rings (SSSR count). The van der Waals surface area contributed by atoms with E-state index in [1.54, 1.807) is 0 Å². The molecule has 0 amide bonds. The van der Waals surface area contributed by atoms with E-state index in [1.165, 1.54) is 29.5 Å². The van der Waals surface area contributed by atoms with Crippen molar-refractivity contribution in [3.05, 3.63) is 60.2 Å². The standard InChI is InChI=1S/C15H16/c1-2-7-13-8-6-11-15(12-13)14-9-4-3-5-10-14/h3-6,8-12H,2,7H2,1H3. The third-order valence-corrected chi connectivity index (χ3v) is 2.57. The van der Waals surface area contributed by atoms with Gasteiger partial charge in [-0.05, 0) is 23.1 Å². The summed E-state index contributed by atoms with van der Waals surface area (Å²) in [4.78, 5) is 0. The number of aryl methyl sites for hydroxylation is 1. The van der Waals surface area contributed by atoms with Crippen molar-refractivity contribution in [2.45, 2.75) is 19.8 Å². The zero-order valence-electron chi connectivity index (χ0n) is 9.11. The molecular formula is C15H16. The minimum absolute atomic E-state index is 1.17. The summed E-state index contributed by atoms with van der Waals surface area (Å²) in [7, 11) is 0. The molecule has 15 heavy (non-hydrogen) atoms. The fourth-order valence-electron chi connectivity index (χ4n) is 1.83. The first kappa shape index (κ1) is 9.97. The summed E-state index contributed by atoms with van der Waals surface area (Å²) in [5, 5.41) is 0. The summed E-state index contributed by atoms with van der Waals surface area (Å²) < 4.78 is 0. The Balaban J connectivity index is 2.33. The Morgan fingerprint density at radius 2 is 1.53 bits per heavy atom. The molecule has 2 aromatic carbocycles. The Morgan fingerprint density at radius 1 is 0.800 bits per heavy atom. The smallest absolute Gasteiger partial charge is 0.0181 e. The quantitative estimate of drug-likeness (QED) is 0.686. The van der Waals surface area contributed by atoms with Crippen LogP contribution < -0.4 is 0 Å². The van der Waals surface area contributed by atoms with Gasteiger partial charge in [0.05, 0.1) is 0 Å². The van der Waals surface area contributed by atoms with Crippen LogP contribution in [0.3, 0.4) is 0 Å². The van der Waals surface area contributed by atoms with Crippen LogP contribution in [0.2, 0.25) is 0 Å². The summed E-state index contributed by atoms with van der Waals surface area (Å²) in [5.41, 5.74) is 4.05. The Bertz CT molecular complexity index is 415. The van der Waals surface area contributed by atoms with Gasteiger partial charge in [0.25, 0.3) is 0 Å². The third-order valence-electron chi connectivity index (χ3n) is 2.57. The summed E-state index contributed by atoms with van der Waals surface area (Å²) in [6, 6.07) is 19.4. The molecule has 0 atom stereocenters. The zero-order chi connectivity index (χ0) is 10.5. The normalized spacial score (nSPS) is 10.2. The molecule has 0 aliphatic heterocycles. The summed E-state index contributed by atoms with van der Waals surface area (Å²) >= 11 is 0. The van der Waals surface area contributed by atoms with E-state index in [0.717, 1.165) is 0 Å². The van der Waals surface area contributed by atoms with Gasteiger partial charge < -0.3 is 0 Å². The molecule has 0 fully saturated rings. The molecule has 0 unspecified atom stereocenters. The fourth-order valence-corrected chi connectivity index (χ4v) is 1.83. The van der Waals surface area contributed by atoms with E-state index in [0.29, 0.717) is 0 Å². The van der Waals surface area contributed by atoms with Crippen LogP contribution in [0.25, 0.3) is 11.1 Å². The average Bonchev–Trinajstić information content (AvgIpc) is 2.31. The molecule has 0 nitrogen and oxygen atoms in total. The molecule has 0 spiro atoms. The first-order chi connectivity index (χ1) is 7.40. The minimum Gasteiger partial charge on any atom is -0.0651 e. The topological polar surface area (TPSA) is 0 Å². The average molecular weight is 196 g/mol. The first-order valence-electron chi connectivity index (χ1n) is 5.54. The van der Waals surface area contributed by atoms with Gasteiger partial charge in [0.15, 0.2) is 0 Å². The molecule has 76 valence electrons. The lowest BCUT2D eigenvalue weighted by atomic mass is 10.0. The van der Waals surface area contributed by atoms with Gasteiger partial charge in [-0.2, -0.15) is 0 Å². The molecule has 0 saturated heterocycles. The molecule has 0 aromatic heterocycles. The summed E-state index contributed by atoms with van der Waals surface area (Å²) in [6.07, 6.45) is 2.37. The van der Waals surface area contributed by atoms with Gasteiger partial charge in [-0.1, -0.05) is 67.9 Å². The van der Waals surface area contributed by atoms with Crippen LogP contribution in [0.4, 0.5) is 0 Å². The van der Waals surface area contributed by atoms with Crippen LogP contribution in [-0.4, -0.2) is 0 Å². The molecule has 0 aliphatic rings. The Hall–Kier alpha value is -1.56. The van der Waals surface area contributed by atoms with Crippen molar-refractivity contribution in [3.8, 4) is 11.1 Å². The maximum Gasteiger partial charge on any atom is -0.0181 e. The van der Waals surface area contributed by atoms with E-state index in [1.807, 2.05) is 0 Å². The Labute approximate surface area is 91.6 Å². The number of hydrogen-bond donors (Lipinski definition) is 0. The largest absolute Gasteiger partial charge is 0.0651 e. The van der Waals surface area contributed by atoms with Crippen molar-refractivity contribution in [2.75, 3.05) is 0 Å². The molecule has 0 heteroatoms. The predicted octanol–water partition coefficient (Wildman–Crippen LogP) is 4.31. The molecule has 0 radical (unpaired) electrons. The second kappa shape index (κ2) is 4.79. The van der Waals surface area contributed by atoms with E-state index in [2.05, 4.69) is 61.5 Å². The fraction of sp³-hybridized carbons (Fsp3) is 0.200. The molecule has 0 saturated carbocycles. The Kier molecular flexibility index (Phi) is 3.18. The molecule has 0 bridgehead atoms. The van der Waals surface area contributed by atoms with Crippen molar-refractivity contribution in [1.29, 1.82) is 0 Å². The highest BCUT2D eigenvalue weighted by molar-refractivity contribution is 5.63. The third kappa shape index (κ3) is 2.47. The van der Waals surface area contributed by atoms with Crippen LogP contribution >= 0.6 is 0 Å². The highest BCUT2D eigenvalue weighted by atomic mass is 14.0. The summed E-state index contributed by atoms with van der Waals surface area (Å²) in [6.45, 7) is 2.22. The molecule has 2 aromatic rings. The van der Waals surface area contributed by atoms with Crippen LogP contribution in [0.5, 0.6) is 0 Å². The zero-order valence-corrected chi connectivity index (χ0v) is 9.11. The van der Waals surface area contributed by atoms with Crippen molar-refractivity contribution < 1.29 is 0 Å².